The van der Waals surface area contributed by atoms with Crippen molar-refractivity contribution < 1.29 is 10.0 Å². The summed E-state index contributed by atoms with van der Waals surface area (Å²) in [5, 5.41) is 19.5. The van der Waals surface area contributed by atoms with Gasteiger partial charge in [0.15, 0.2) is 0 Å². The average Bonchev–Trinajstić information content (AvgIpc) is 2.04. The Morgan fingerprint density at radius 2 is 2.31 bits per heavy atom. The van der Waals surface area contributed by atoms with E-state index in [4.69, 9.17) is 16.7 Å². The smallest absolute Gasteiger partial charge is 0.317 e. The highest BCUT2D eigenvalue weighted by atomic mass is 35.5. The summed E-state index contributed by atoms with van der Waals surface area (Å²) in [4.78, 5) is 9.38. The van der Waals surface area contributed by atoms with Crippen LogP contribution in [0.3, 0.4) is 0 Å². The zero-order valence-electron chi connectivity index (χ0n) is 6.68. The van der Waals surface area contributed by atoms with Gasteiger partial charge in [-0.15, -0.1) is 0 Å². The lowest BCUT2D eigenvalue weighted by Gasteiger charge is -2.02. The summed E-state index contributed by atoms with van der Waals surface area (Å²) < 4.78 is 0. The molecule has 0 aliphatic rings. The van der Waals surface area contributed by atoms with Crippen LogP contribution < -0.4 is 0 Å². The Bertz CT molecular complexity index is 316. The second-order valence-electron chi connectivity index (χ2n) is 2.60. The van der Waals surface area contributed by atoms with Gasteiger partial charge in [0.2, 0.25) is 0 Å². The summed E-state index contributed by atoms with van der Waals surface area (Å²) in [7, 11) is 0. The predicted molar refractivity (Wildman–Crippen MR) is 48.2 cm³/mol. The Hall–Kier alpha value is -1.13. The molecule has 1 atom stereocenters. The van der Waals surface area contributed by atoms with E-state index in [9.17, 15) is 10.1 Å². The zero-order chi connectivity index (χ0) is 9.84. The second-order valence-corrected chi connectivity index (χ2v) is 3.04. The van der Waals surface area contributed by atoms with E-state index in [-0.39, 0.29) is 6.42 Å². The summed E-state index contributed by atoms with van der Waals surface area (Å²) in [6.07, 6.45) is -1.58. The van der Waals surface area contributed by atoms with E-state index < -0.39 is 11.2 Å². The molecular weight excluding hydrogens is 194 g/mol. The lowest BCUT2D eigenvalue weighted by atomic mass is 10.1. The molecule has 1 unspecified atom stereocenters. The van der Waals surface area contributed by atoms with Crippen LogP contribution in [0.2, 0.25) is 5.02 Å². The molecular formula is C8H8ClNO3. The van der Waals surface area contributed by atoms with Crippen LogP contribution in [0.25, 0.3) is 0 Å². The van der Waals surface area contributed by atoms with E-state index >= 15 is 0 Å². The molecule has 1 rings (SSSR count). The van der Waals surface area contributed by atoms with Crippen LogP contribution in [-0.2, 0) is 6.42 Å². The van der Waals surface area contributed by atoms with Crippen LogP contribution in [0.4, 0.5) is 0 Å². The molecule has 4 nitrogen and oxygen atoms in total. The van der Waals surface area contributed by atoms with Gasteiger partial charge in [-0.3, -0.25) is 10.1 Å². The van der Waals surface area contributed by atoms with Crippen LogP contribution in [0, 0.1) is 10.1 Å². The van der Waals surface area contributed by atoms with E-state index in [1.807, 2.05) is 0 Å². The molecule has 1 aromatic carbocycles. The molecule has 0 aromatic heterocycles. The van der Waals surface area contributed by atoms with Gasteiger partial charge in [0.05, 0.1) is 11.3 Å². The fourth-order valence-corrected chi connectivity index (χ4v) is 1.16. The maximum Gasteiger partial charge on any atom is 0.317 e. The van der Waals surface area contributed by atoms with Gasteiger partial charge in [-0.2, -0.15) is 0 Å². The van der Waals surface area contributed by atoms with Gasteiger partial charge in [-0.25, -0.2) is 0 Å². The maximum atomic E-state index is 10.1. The SMILES string of the molecule is O=[N+]([O-])C(O)Cc1cccc(Cl)c1. The first-order valence-electron chi connectivity index (χ1n) is 3.65. The summed E-state index contributed by atoms with van der Waals surface area (Å²) in [6.45, 7) is 0. The zero-order valence-corrected chi connectivity index (χ0v) is 7.44. The van der Waals surface area contributed by atoms with Crippen molar-refractivity contribution in [2.24, 2.45) is 0 Å². The van der Waals surface area contributed by atoms with Gasteiger partial charge >= 0.3 is 6.23 Å². The van der Waals surface area contributed by atoms with E-state index in [0.717, 1.165) is 0 Å². The van der Waals surface area contributed by atoms with Gasteiger partial charge in [-0.1, -0.05) is 23.7 Å². The van der Waals surface area contributed by atoms with Gasteiger partial charge in [0.25, 0.3) is 0 Å². The predicted octanol–water partition coefficient (Wildman–Crippen LogP) is 1.48. The standard InChI is InChI=1S/C8H8ClNO3/c9-7-3-1-2-6(4-7)5-8(11)10(12)13/h1-4,8,11H,5H2. The van der Waals surface area contributed by atoms with Crippen LogP contribution in [0.5, 0.6) is 0 Å². The lowest BCUT2D eigenvalue weighted by molar-refractivity contribution is -0.569. The third-order valence-corrected chi connectivity index (χ3v) is 1.79. The van der Waals surface area contributed by atoms with Crippen molar-refractivity contribution in [1.82, 2.24) is 0 Å². The molecule has 0 spiro atoms. The van der Waals surface area contributed by atoms with Gasteiger partial charge < -0.3 is 5.11 Å². The summed E-state index contributed by atoms with van der Waals surface area (Å²) in [6, 6.07) is 6.63. The minimum absolute atomic E-state index is 0.0203. The molecule has 0 amide bonds. The Morgan fingerprint density at radius 3 is 2.85 bits per heavy atom. The summed E-state index contributed by atoms with van der Waals surface area (Å²) >= 11 is 5.66. The number of aliphatic hydroxyl groups is 1. The number of rotatable bonds is 3. The third kappa shape index (κ3) is 3.01. The van der Waals surface area contributed by atoms with E-state index in [0.29, 0.717) is 10.6 Å². The number of halogens is 1. The van der Waals surface area contributed by atoms with Crippen LogP contribution in [-0.4, -0.2) is 16.3 Å². The number of nitro groups is 1. The second kappa shape index (κ2) is 4.20. The Labute approximate surface area is 79.9 Å². The van der Waals surface area contributed by atoms with Crippen LogP contribution in [0.15, 0.2) is 24.3 Å². The molecule has 1 aromatic rings. The van der Waals surface area contributed by atoms with Gasteiger partial charge in [0.1, 0.15) is 0 Å². The number of nitrogens with zero attached hydrogens (tertiary/aromatic N) is 1. The first kappa shape index (κ1) is 9.95. The molecule has 13 heavy (non-hydrogen) atoms. The molecule has 0 aliphatic heterocycles. The normalized spacial score (nSPS) is 12.5. The fraction of sp³-hybridized carbons (Fsp3) is 0.250. The molecule has 5 heteroatoms. The third-order valence-electron chi connectivity index (χ3n) is 1.55. The highest BCUT2D eigenvalue weighted by molar-refractivity contribution is 6.30. The quantitative estimate of drug-likeness (QED) is 0.458. The van der Waals surface area contributed by atoms with Gasteiger partial charge in [0, 0.05) is 5.02 Å². The molecule has 0 heterocycles. The highest BCUT2D eigenvalue weighted by Crippen LogP contribution is 2.12. The molecule has 0 bridgehead atoms. The van der Waals surface area contributed by atoms with Crippen molar-refractivity contribution in [3.8, 4) is 0 Å². The molecule has 0 fully saturated rings. The van der Waals surface area contributed by atoms with Crippen LogP contribution >= 0.6 is 11.6 Å². The molecule has 0 saturated heterocycles. The number of hydrogen-bond donors (Lipinski definition) is 1. The van der Waals surface area contributed by atoms with Crippen LogP contribution in [0.1, 0.15) is 5.56 Å². The van der Waals surface area contributed by atoms with E-state index in [2.05, 4.69) is 0 Å². The van der Waals surface area contributed by atoms with Crippen molar-refractivity contribution in [1.29, 1.82) is 0 Å². The molecule has 0 saturated carbocycles. The summed E-state index contributed by atoms with van der Waals surface area (Å²) in [5.41, 5.74) is 0.650. The lowest BCUT2D eigenvalue weighted by Crippen LogP contribution is -2.21. The highest BCUT2D eigenvalue weighted by Gasteiger charge is 2.15. The monoisotopic (exact) mass is 201 g/mol. The van der Waals surface area contributed by atoms with Crippen molar-refractivity contribution in [3.05, 3.63) is 45.0 Å². The van der Waals surface area contributed by atoms with Crippen molar-refractivity contribution in [3.63, 3.8) is 0 Å². The van der Waals surface area contributed by atoms with Crippen molar-refractivity contribution in [2.75, 3.05) is 0 Å². The number of hydrogen-bond acceptors (Lipinski definition) is 3. The minimum Gasteiger partial charge on any atom is -0.333 e. The summed E-state index contributed by atoms with van der Waals surface area (Å²) in [5.74, 6) is 0. The Balaban J connectivity index is 2.69. The number of benzene rings is 1. The topological polar surface area (TPSA) is 63.4 Å². The first-order valence-corrected chi connectivity index (χ1v) is 4.03. The Kier molecular flexibility index (Phi) is 3.22. The van der Waals surface area contributed by atoms with E-state index in [1.54, 1.807) is 24.3 Å². The number of aliphatic hydroxyl groups excluding tert-OH is 1. The first-order chi connectivity index (χ1) is 6.09. The minimum atomic E-state index is -1.56. The molecule has 0 radical (unpaired) electrons. The van der Waals surface area contributed by atoms with Crippen molar-refractivity contribution >= 4 is 11.6 Å². The molecule has 1 N–H and O–H groups in total. The van der Waals surface area contributed by atoms with Crippen molar-refractivity contribution in [2.45, 2.75) is 12.6 Å². The maximum absolute atomic E-state index is 10.1. The van der Waals surface area contributed by atoms with Gasteiger partial charge in [-0.05, 0) is 17.7 Å². The average molecular weight is 202 g/mol. The largest absolute Gasteiger partial charge is 0.333 e. The fourth-order valence-electron chi connectivity index (χ4n) is 0.949. The molecule has 70 valence electrons. The molecule has 0 aliphatic carbocycles. The van der Waals surface area contributed by atoms with E-state index in [1.165, 1.54) is 0 Å². The Morgan fingerprint density at radius 1 is 1.62 bits per heavy atom.